The SMILES string of the molecule is C=Cc1c(/C=C\C)n(-c2ccccc2)c2ccc(N(c3ccccc3)c3ccc4c(c3)C3(c5ccccc5Oc5ccccc53)c3cc(N(c5ccccc5)c5ccc6c(c5)c5ccccc5n6-c5ccccc5)ccc3-4)cc12. The Hall–Kier alpha value is -10.4. The monoisotopic (exact) mass is 1010 g/mol. The third-order valence-corrected chi connectivity index (χ3v) is 16.2. The number of hydrogen-bond donors (Lipinski definition) is 0. The van der Waals surface area contributed by atoms with E-state index in [2.05, 4.69) is 312 Å². The maximum Gasteiger partial charge on any atom is 0.132 e. The van der Waals surface area contributed by atoms with Crippen LogP contribution in [0.4, 0.5) is 34.1 Å². The predicted molar refractivity (Wildman–Crippen MR) is 329 cm³/mol. The zero-order valence-electron chi connectivity index (χ0n) is 43.5. The molecule has 15 rings (SSSR count). The zero-order valence-corrected chi connectivity index (χ0v) is 43.5. The van der Waals surface area contributed by atoms with Gasteiger partial charge in [0.15, 0.2) is 0 Å². The van der Waals surface area contributed by atoms with E-state index in [1.54, 1.807) is 0 Å². The van der Waals surface area contributed by atoms with Crippen LogP contribution in [-0.4, -0.2) is 9.13 Å². The van der Waals surface area contributed by atoms with Crippen molar-refractivity contribution in [3.8, 4) is 34.0 Å². The maximum absolute atomic E-state index is 6.92. The Morgan fingerprint density at radius 1 is 0.380 bits per heavy atom. The van der Waals surface area contributed by atoms with Crippen LogP contribution in [0.3, 0.4) is 0 Å². The molecule has 0 saturated heterocycles. The Balaban J connectivity index is 0.956. The molecule has 0 atom stereocenters. The van der Waals surface area contributed by atoms with Gasteiger partial charge in [-0.3, -0.25) is 0 Å². The van der Waals surface area contributed by atoms with Crippen LogP contribution < -0.4 is 14.5 Å². The van der Waals surface area contributed by atoms with E-state index in [9.17, 15) is 0 Å². The Morgan fingerprint density at radius 2 is 0.810 bits per heavy atom. The first-order valence-corrected chi connectivity index (χ1v) is 27.1. The van der Waals surface area contributed by atoms with E-state index in [1.165, 1.54) is 38.5 Å². The molecule has 79 heavy (non-hydrogen) atoms. The van der Waals surface area contributed by atoms with Gasteiger partial charge in [0.25, 0.3) is 0 Å². The van der Waals surface area contributed by atoms with Gasteiger partial charge in [0, 0.05) is 78.3 Å². The van der Waals surface area contributed by atoms with Crippen molar-refractivity contribution in [3.05, 3.63) is 313 Å². The van der Waals surface area contributed by atoms with Gasteiger partial charge in [0.05, 0.1) is 27.7 Å². The van der Waals surface area contributed by atoms with Crippen molar-refractivity contribution in [1.82, 2.24) is 9.13 Å². The first kappa shape index (κ1) is 46.0. The molecule has 13 aromatic rings. The molecule has 0 saturated carbocycles. The van der Waals surface area contributed by atoms with Gasteiger partial charge in [-0.2, -0.15) is 0 Å². The van der Waals surface area contributed by atoms with E-state index < -0.39 is 5.41 Å². The molecule has 1 aliphatic carbocycles. The lowest BCUT2D eigenvalue weighted by molar-refractivity contribution is 0.436. The lowest BCUT2D eigenvalue weighted by Gasteiger charge is -2.40. The fraction of sp³-hybridized carbons (Fsp3) is 0.0270. The molecular formula is C74H52N4O. The molecule has 0 fully saturated rings. The lowest BCUT2D eigenvalue weighted by Crippen LogP contribution is -2.32. The molecule has 0 amide bonds. The van der Waals surface area contributed by atoms with Crippen LogP contribution in [0, 0.1) is 0 Å². The highest BCUT2D eigenvalue weighted by molar-refractivity contribution is 6.11. The molecule has 11 aromatic carbocycles. The average molecular weight is 1010 g/mol. The maximum atomic E-state index is 6.92. The minimum absolute atomic E-state index is 0.770. The summed E-state index contributed by atoms with van der Waals surface area (Å²) in [7, 11) is 0. The Labute approximate surface area is 459 Å². The standard InChI is InChI=1S/C74H52N4O/c1-3-23-68-58(4-2)62-46-54(40-44-70(62)77(68)52-28-13-7-14-29-52)75(50-24-9-5-10-25-50)56-38-42-59-60-43-39-57(49-67(60)74(66(59)48-56)64-33-18-21-36-72(64)79-73-37-22-19-34-65(73)74)76(51-26-11-6-12-27-51)55-41-45-71-63(47-55)61-32-17-20-35-69(61)78(71)53-30-15-8-16-31-53/h3-49H,2H2,1H3/b23-3-. The number of aromatic nitrogens is 2. The molecule has 374 valence electrons. The molecule has 1 spiro atoms. The van der Waals surface area contributed by atoms with E-state index in [0.717, 1.165) is 95.8 Å². The first-order valence-electron chi connectivity index (χ1n) is 27.1. The number of anilines is 6. The van der Waals surface area contributed by atoms with E-state index in [0.29, 0.717) is 0 Å². The van der Waals surface area contributed by atoms with Gasteiger partial charge in [-0.05, 0) is 163 Å². The number of rotatable bonds is 10. The van der Waals surface area contributed by atoms with Crippen molar-refractivity contribution in [2.45, 2.75) is 12.3 Å². The first-order chi connectivity index (χ1) is 39.1. The van der Waals surface area contributed by atoms with Gasteiger partial charge in [-0.1, -0.05) is 158 Å². The van der Waals surface area contributed by atoms with Crippen molar-refractivity contribution in [3.63, 3.8) is 0 Å². The third kappa shape index (κ3) is 7.03. The van der Waals surface area contributed by atoms with Crippen LogP contribution >= 0.6 is 0 Å². The Morgan fingerprint density at radius 3 is 1.35 bits per heavy atom. The topological polar surface area (TPSA) is 25.6 Å². The van der Waals surface area contributed by atoms with Gasteiger partial charge in [-0.15, -0.1) is 0 Å². The number of ether oxygens (including phenoxy) is 1. The van der Waals surface area contributed by atoms with Crippen LogP contribution in [0.1, 0.15) is 40.4 Å². The second-order valence-corrected chi connectivity index (χ2v) is 20.4. The number of para-hydroxylation sites is 7. The van der Waals surface area contributed by atoms with Crippen LogP contribution in [-0.2, 0) is 5.41 Å². The smallest absolute Gasteiger partial charge is 0.132 e. The number of hydrogen-bond acceptors (Lipinski definition) is 3. The summed E-state index contributed by atoms with van der Waals surface area (Å²) in [5.74, 6) is 1.69. The predicted octanol–water partition coefficient (Wildman–Crippen LogP) is 19.8. The summed E-state index contributed by atoms with van der Waals surface area (Å²) in [6.45, 7) is 6.45. The Kier molecular flexibility index (Phi) is 10.7. The molecule has 1 aliphatic heterocycles. The molecule has 3 heterocycles. The van der Waals surface area contributed by atoms with Crippen molar-refractivity contribution in [2.24, 2.45) is 0 Å². The molecular weight excluding hydrogens is 961 g/mol. The van der Waals surface area contributed by atoms with Crippen LogP contribution in [0.2, 0.25) is 0 Å². The highest BCUT2D eigenvalue weighted by atomic mass is 16.5. The van der Waals surface area contributed by atoms with Gasteiger partial charge in [-0.25, -0.2) is 0 Å². The number of fused-ring (bicyclic) bond motifs is 13. The summed E-state index contributed by atoms with van der Waals surface area (Å²) >= 11 is 0. The minimum Gasteiger partial charge on any atom is -0.457 e. The Bertz CT molecular complexity index is 4510. The van der Waals surface area contributed by atoms with Gasteiger partial charge in [0.1, 0.15) is 11.5 Å². The van der Waals surface area contributed by atoms with Crippen LogP contribution in [0.5, 0.6) is 11.5 Å². The molecule has 2 aliphatic rings. The largest absolute Gasteiger partial charge is 0.457 e. The average Bonchev–Trinajstić information content (AvgIpc) is 4.34. The van der Waals surface area contributed by atoms with Gasteiger partial charge < -0.3 is 23.7 Å². The second-order valence-electron chi connectivity index (χ2n) is 20.4. The normalized spacial score (nSPS) is 12.8. The molecule has 5 nitrogen and oxygen atoms in total. The summed E-state index contributed by atoms with van der Waals surface area (Å²) in [5.41, 5.74) is 20.4. The zero-order chi connectivity index (χ0) is 52.6. The van der Waals surface area contributed by atoms with Crippen molar-refractivity contribution < 1.29 is 4.74 Å². The highest BCUT2D eigenvalue weighted by Crippen LogP contribution is 2.63. The van der Waals surface area contributed by atoms with Gasteiger partial charge >= 0.3 is 0 Å². The minimum atomic E-state index is -0.770. The molecule has 2 aromatic heterocycles. The summed E-state index contributed by atoms with van der Waals surface area (Å²) in [6.07, 6.45) is 6.30. The number of benzene rings is 11. The van der Waals surface area contributed by atoms with E-state index >= 15 is 0 Å². The van der Waals surface area contributed by atoms with Gasteiger partial charge in [0.2, 0.25) is 0 Å². The molecule has 0 unspecified atom stereocenters. The summed E-state index contributed by atoms with van der Waals surface area (Å²) in [4.78, 5) is 4.83. The number of allylic oxidation sites excluding steroid dienone is 1. The summed E-state index contributed by atoms with van der Waals surface area (Å²) in [6, 6.07) is 96.9. The van der Waals surface area contributed by atoms with Crippen molar-refractivity contribution in [2.75, 3.05) is 9.80 Å². The third-order valence-electron chi connectivity index (χ3n) is 16.2. The summed E-state index contributed by atoms with van der Waals surface area (Å²) < 4.78 is 11.6. The van der Waals surface area contributed by atoms with Crippen molar-refractivity contribution in [1.29, 1.82) is 0 Å². The quantitative estimate of drug-likeness (QED) is 0.137. The van der Waals surface area contributed by atoms with Crippen LogP contribution in [0.25, 0.3) is 67.4 Å². The molecule has 0 bridgehead atoms. The lowest BCUT2D eigenvalue weighted by atomic mass is 9.66. The van der Waals surface area contributed by atoms with Crippen LogP contribution in [0.15, 0.2) is 280 Å². The number of nitrogens with zero attached hydrogens (tertiary/aromatic N) is 4. The van der Waals surface area contributed by atoms with E-state index in [-0.39, 0.29) is 0 Å². The highest BCUT2D eigenvalue weighted by Gasteiger charge is 2.51. The molecule has 5 heteroatoms. The molecule has 0 radical (unpaired) electrons. The fourth-order valence-corrected chi connectivity index (χ4v) is 13.0. The van der Waals surface area contributed by atoms with E-state index in [4.69, 9.17) is 4.74 Å². The van der Waals surface area contributed by atoms with Crippen molar-refractivity contribution >= 4 is 79.0 Å². The molecule has 0 N–H and O–H groups in total. The van der Waals surface area contributed by atoms with E-state index in [1.807, 2.05) is 6.08 Å². The second kappa shape index (κ2) is 18.4. The summed E-state index contributed by atoms with van der Waals surface area (Å²) in [5, 5.41) is 3.53. The fourth-order valence-electron chi connectivity index (χ4n) is 13.0.